The molecule has 0 atom stereocenters. The first-order valence-electron chi connectivity index (χ1n) is 21.2. The predicted molar refractivity (Wildman–Crippen MR) is 260 cm³/mol. The maximum atomic E-state index is 5.21. The van der Waals surface area contributed by atoms with Gasteiger partial charge in [-0.25, -0.2) is 4.98 Å². The first-order valence-corrected chi connectivity index (χ1v) is 21.2. The first kappa shape index (κ1) is 35.7. The van der Waals surface area contributed by atoms with Crippen molar-refractivity contribution in [1.29, 1.82) is 0 Å². The molecule has 0 aliphatic carbocycles. The zero-order valence-electron chi connectivity index (χ0n) is 33.9. The van der Waals surface area contributed by atoms with Crippen LogP contribution in [0.1, 0.15) is 0 Å². The van der Waals surface area contributed by atoms with Gasteiger partial charge in [-0.2, -0.15) is 0 Å². The van der Waals surface area contributed by atoms with Gasteiger partial charge in [-0.1, -0.05) is 170 Å². The van der Waals surface area contributed by atoms with Crippen molar-refractivity contribution in [3.63, 3.8) is 0 Å². The van der Waals surface area contributed by atoms with E-state index in [1.165, 1.54) is 71.4 Å². The van der Waals surface area contributed by atoms with Crippen LogP contribution in [-0.2, 0) is 0 Å². The third-order valence-electron chi connectivity index (χ3n) is 12.3. The van der Waals surface area contributed by atoms with Gasteiger partial charge in [0.2, 0.25) is 0 Å². The highest BCUT2D eigenvalue weighted by Crippen LogP contribution is 2.43. The summed E-state index contributed by atoms with van der Waals surface area (Å²) in [5.74, 6) is 0. The Morgan fingerprint density at radius 2 is 0.613 bits per heavy atom. The van der Waals surface area contributed by atoms with Crippen molar-refractivity contribution in [3.05, 3.63) is 237 Å². The van der Waals surface area contributed by atoms with Crippen LogP contribution in [0.3, 0.4) is 0 Å². The fourth-order valence-corrected chi connectivity index (χ4v) is 9.40. The van der Waals surface area contributed by atoms with E-state index in [-0.39, 0.29) is 0 Å². The van der Waals surface area contributed by atoms with Gasteiger partial charge in [-0.3, -0.25) is 0 Å². The highest BCUT2D eigenvalue weighted by Gasteiger charge is 2.21. The van der Waals surface area contributed by atoms with E-state index >= 15 is 0 Å². The lowest BCUT2D eigenvalue weighted by Gasteiger charge is -2.12. The normalized spacial score (nSPS) is 11.5. The molecule has 9 aromatic carbocycles. The Balaban J connectivity index is 0.974. The lowest BCUT2D eigenvalue weighted by molar-refractivity contribution is 1.17. The monoisotopic (exact) mass is 789 g/mol. The highest BCUT2D eigenvalue weighted by molar-refractivity contribution is 6.28. The Morgan fingerprint density at radius 3 is 1.11 bits per heavy atom. The SMILES string of the molecule is c1ccc(-c2cccc(-c3ccc(-n4c5ccccc5c5c6c7ccccc7n(-c7ccc(-c8cc(-c9ccccc9)cc(-c9ccccc9)n8)cc7)c6ccc54)cc3)c2)cc1. The second-order valence-electron chi connectivity index (χ2n) is 16.0. The molecule has 0 bridgehead atoms. The smallest absolute Gasteiger partial charge is 0.0715 e. The van der Waals surface area contributed by atoms with E-state index in [1.54, 1.807) is 0 Å². The minimum Gasteiger partial charge on any atom is -0.309 e. The highest BCUT2D eigenvalue weighted by atomic mass is 15.0. The van der Waals surface area contributed by atoms with Gasteiger partial charge in [0.25, 0.3) is 0 Å². The van der Waals surface area contributed by atoms with Crippen molar-refractivity contribution in [2.45, 2.75) is 0 Å². The maximum absolute atomic E-state index is 5.21. The van der Waals surface area contributed by atoms with Crippen molar-refractivity contribution >= 4 is 43.6 Å². The Labute approximate surface area is 360 Å². The Hall–Kier alpha value is -8.27. The van der Waals surface area contributed by atoms with E-state index in [0.29, 0.717) is 0 Å². The summed E-state index contributed by atoms with van der Waals surface area (Å²) in [5.41, 5.74) is 18.2. The van der Waals surface area contributed by atoms with Crippen LogP contribution in [0.25, 0.3) is 111 Å². The van der Waals surface area contributed by atoms with Crippen molar-refractivity contribution in [2.24, 2.45) is 0 Å². The standard InChI is InChI=1S/C59H39N3/c1-4-15-40(16-5-1)45-21-14-22-46(37-45)42-27-31-48(32-28-42)61-54-25-12-10-23-50(54)58-56(61)35-36-57-59(58)51-24-11-13-26-55(51)62(57)49-33-29-44(30-34-49)53-39-47(41-17-6-2-7-18-41)38-52(60-53)43-19-8-3-9-20-43/h1-39H. The zero-order valence-corrected chi connectivity index (χ0v) is 33.9. The fourth-order valence-electron chi connectivity index (χ4n) is 9.40. The molecule has 0 saturated heterocycles. The van der Waals surface area contributed by atoms with Gasteiger partial charge in [0, 0.05) is 44.0 Å². The average Bonchev–Trinajstić information content (AvgIpc) is 3.88. The topological polar surface area (TPSA) is 22.8 Å². The van der Waals surface area contributed by atoms with Crippen LogP contribution in [0.4, 0.5) is 0 Å². The molecule has 3 nitrogen and oxygen atoms in total. The molecule has 12 aromatic rings. The average molecular weight is 790 g/mol. The quantitative estimate of drug-likeness (QED) is 0.158. The third-order valence-corrected chi connectivity index (χ3v) is 12.3. The number of pyridine rings is 1. The van der Waals surface area contributed by atoms with Gasteiger partial charge in [0.05, 0.1) is 33.5 Å². The number of aromatic nitrogens is 3. The molecule has 62 heavy (non-hydrogen) atoms. The zero-order chi connectivity index (χ0) is 41.0. The van der Waals surface area contributed by atoms with E-state index in [9.17, 15) is 0 Å². The molecule has 3 heteroatoms. The lowest BCUT2D eigenvalue weighted by atomic mass is 9.99. The summed E-state index contributed by atoms with van der Waals surface area (Å²) in [6.07, 6.45) is 0. The van der Waals surface area contributed by atoms with Crippen LogP contribution >= 0.6 is 0 Å². The van der Waals surface area contributed by atoms with E-state index in [4.69, 9.17) is 4.98 Å². The number of fused-ring (bicyclic) bond motifs is 7. The Morgan fingerprint density at radius 1 is 0.242 bits per heavy atom. The number of para-hydroxylation sites is 2. The minimum absolute atomic E-state index is 0.947. The van der Waals surface area contributed by atoms with Crippen LogP contribution < -0.4 is 0 Å². The number of benzene rings is 9. The fraction of sp³-hybridized carbons (Fsp3) is 0. The van der Waals surface area contributed by atoms with E-state index in [0.717, 1.165) is 39.5 Å². The molecule has 0 N–H and O–H groups in total. The summed E-state index contributed by atoms with van der Waals surface area (Å²) >= 11 is 0. The molecule has 0 fully saturated rings. The molecule has 0 radical (unpaired) electrons. The summed E-state index contributed by atoms with van der Waals surface area (Å²) in [5, 5.41) is 5.00. The van der Waals surface area contributed by atoms with E-state index < -0.39 is 0 Å². The molecule has 0 saturated carbocycles. The molecule has 290 valence electrons. The van der Waals surface area contributed by atoms with Crippen LogP contribution in [0.2, 0.25) is 0 Å². The van der Waals surface area contributed by atoms with Gasteiger partial charge in [-0.05, 0) is 100 Å². The predicted octanol–water partition coefficient (Wildman–Crippen LogP) is 15.6. The second-order valence-corrected chi connectivity index (χ2v) is 16.0. The number of nitrogens with zero attached hydrogens (tertiary/aromatic N) is 3. The minimum atomic E-state index is 0.947. The van der Waals surface area contributed by atoms with Crippen LogP contribution in [0.15, 0.2) is 237 Å². The van der Waals surface area contributed by atoms with Gasteiger partial charge >= 0.3 is 0 Å². The molecule has 0 spiro atoms. The summed E-state index contributed by atoms with van der Waals surface area (Å²) in [4.78, 5) is 5.21. The van der Waals surface area contributed by atoms with Crippen molar-refractivity contribution in [1.82, 2.24) is 14.1 Å². The van der Waals surface area contributed by atoms with E-state index in [2.05, 4.69) is 240 Å². The van der Waals surface area contributed by atoms with Gasteiger partial charge in [0.15, 0.2) is 0 Å². The third kappa shape index (κ3) is 6.02. The van der Waals surface area contributed by atoms with Crippen LogP contribution in [0, 0.1) is 0 Å². The summed E-state index contributed by atoms with van der Waals surface area (Å²) in [7, 11) is 0. The van der Waals surface area contributed by atoms with Crippen LogP contribution in [-0.4, -0.2) is 14.1 Å². The molecule has 3 heterocycles. The Bertz CT molecular complexity index is 3520. The van der Waals surface area contributed by atoms with E-state index in [1.807, 2.05) is 6.07 Å². The molecule has 0 amide bonds. The molecular weight excluding hydrogens is 751 g/mol. The van der Waals surface area contributed by atoms with Gasteiger partial charge in [-0.15, -0.1) is 0 Å². The summed E-state index contributed by atoms with van der Waals surface area (Å²) in [6.45, 7) is 0. The number of hydrogen-bond acceptors (Lipinski definition) is 1. The van der Waals surface area contributed by atoms with Gasteiger partial charge in [0.1, 0.15) is 0 Å². The van der Waals surface area contributed by atoms with Crippen molar-refractivity contribution < 1.29 is 0 Å². The van der Waals surface area contributed by atoms with Crippen molar-refractivity contribution in [2.75, 3.05) is 0 Å². The second kappa shape index (κ2) is 14.8. The molecular formula is C59H39N3. The van der Waals surface area contributed by atoms with Crippen molar-refractivity contribution in [3.8, 4) is 67.3 Å². The summed E-state index contributed by atoms with van der Waals surface area (Å²) in [6, 6.07) is 85.1. The number of rotatable bonds is 7. The first-order chi connectivity index (χ1) is 30.7. The van der Waals surface area contributed by atoms with Crippen LogP contribution in [0.5, 0.6) is 0 Å². The maximum Gasteiger partial charge on any atom is 0.0715 e. The summed E-state index contributed by atoms with van der Waals surface area (Å²) < 4.78 is 4.84. The Kier molecular flexibility index (Phi) is 8.50. The molecule has 12 rings (SSSR count). The number of hydrogen-bond donors (Lipinski definition) is 0. The molecule has 0 unspecified atom stereocenters. The van der Waals surface area contributed by atoms with Gasteiger partial charge < -0.3 is 9.13 Å². The molecule has 3 aromatic heterocycles. The molecule has 0 aliphatic rings. The lowest BCUT2D eigenvalue weighted by Crippen LogP contribution is -1.95. The molecule has 0 aliphatic heterocycles. The largest absolute Gasteiger partial charge is 0.309 e.